The van der Waals surface area contributed by atoms with Crippen LogP contribution in [0.4, 0.5) is 0 Å². The van der Waals surface area contributed by atoms with E-state index >= 15 is 0 Å². The molecular weight excluding hydrogens is 294 g/mol. The Balaban J connectivity index is 1.93. The van der Waals surface area contributed by atoms with E-state index in [0.717, 1.165) is 33.7 Å². The number of aliphatic carboxylic acids is 1. The molecule has 0 spiro atoms. The number of carboxylic acid groups (broad SMARTS) is 1. The molecule has 22 heavy (non-hydrogen) atoms. The first-order valence-corrected chi connectivity index (χ1v) is 9.25. The molecule has 1 heterocycles. The molecule has 0 bridgehead atoms. The molecule has 2 aromatic rings. The van der Waals surface area contributed by atoms with Gasteiger partial charge in [0.05, 0.1) is 6.42 Å². The normalized spacial score (nSPS) is 11.1. The number of fused-ring (bicyclic) bond motifs is 1. The second-order valence-corrected chi connectivity index (χ2v) is 6.77. The Kier molecular flexibility index (Phi) is 6.84. The highest BCUT2D eigenvalue weighted by Crippen LogP contribution is 2.26. The van der Waals surface area contributed by atoms with E-state index in [9.17, 15) is 4.79 Å². The van der Waals surface area contributed by atoms with Crippen LogP contribution in [0.15, 0.2) is 24.3 Å². The summed E-state index contributed by atoms with van der Waals surface area (Å²) < 4.78 is 0. The van der Waals surface area contributed by atoms with Crippen molar-refractivity contribution in [3.8, 4) is 0 Å². The van der Waals surface area contributed by atoms with Gasteiger partial charge in [0, 0.05) is 22.3 Å². The van der Waals surface area contributed by atoms with E-state index in [1.807, 2.05) is 36.0 Å². The first kappa shape index (κ1) is 16.9. The number of carboxylic acids is 1. The van der Waals surface area contributed by atoms with Crippen molar-refractivity contribution in [2.75, 3.05) is 5.75 Å². The van der Waals surface area contributed by atoms with Gasteiger partial charge in [-0.2, -0.15) is 11.8 Å². The number of aromatic amines is 1. The van der Waals surface area contributed by atoms with Crippen molar-refractivity contribution in [2.45, 2.75) is 51.2 Å². The monoisotopic (exact) mass is 319 g/mol. The Morgan fingerprint density at radius 1 is 1.18 bits per heavy atom. The Morgan fingerprint density at radius 2 is 1.95 bits per heavy atom. The third-order valence-corrected chi connectivity index (χ3v) is 4.94. The molecular formula is C18H25NO2S. The zero-order valence-corrected chi connectivity index (χ0v) is 14.0. The minimum absolute atomic E-state index is 0.0937. The summed E-state index contributed by atoms with van der Waals surface area (Å²) in [6.07, 6.45) is 6.58. The van der Waals surface area contributed by atoms with Crippen molar-refractivity contribution in [2.24, 2.45) is 0 Å². The van der Waals surface area contributed by atoms with Crippen LogP contribution in [-0.2, 0) is 17.0 Å². The predicted molar refractivity (Wildman–Crippen MR) is 94.6 cm³/mol. The smallest absolute Gasteiger partial charge is 0.307 e. The molecule has 0 aliphatic carbocycles. The van der Waals surface area contributed by atoms with Gasteiger partial charge in [-0.15, -0.1) is 0 Å². The largest absolute Gasteiger partial charge is 0.481 e. The van der Waals surface area contributed by atoms with Crippen LogP contribution < -0.4 is 0 Å². The second-order valence-electron chi connectivity index (χ2n) is 5.67. The van der Waals surface area contributed by atoms with E-state index in [0.29, 0.717) is 0 Å². The SMILES string of the molecule is CCCCCCCSCc1[nH]c2ccccc2c1CC(=O)O. The Labute approximate surface area is 136 Å². The van der Waals surface area contributed by atoms with Crippen LogP contribution in [0.25, 0.3) is 10.9 Å². The van der Waals surface area contributed by atoms with E-state index in [-0.39, 0.29) is 6.42 Å². The molecule has 0 aliphatic rings. The van der Waals surface area contributed by atoms with Gasteiger partial charge in [-0.25, -0.2) is 0 Å². The summed E-state index contributed by atoms with van der Waals surface area (Å²) in [5.74, 6) is 1.24. The molecule has 120 valence electrons. The van der Waals surface area contributed by atoms with Gasteiger partial charge >= 0.3 is 5.97 Å². The molecule has 0 fully saturated rings. The van der Waals surface area contributed by atoms with Crippen LogP contribution in [0, 0.1) is 0 Å². The molecule has 0 radical (unpaired) electrons. The molecule has 0 unspecified atom stereocenters. The predicted octanol–water partition coefficient (Wildman–Crippen LogP) is 5.00. The standard InChI is InChI=1S/C18H25NO2S/c1-2-3-4-5-8-11-22-13-17-15(12-18(20)21)14-9-6-7-10-16(14)19-17/h6-7,9-10,19H,2-5,8,11-13H2,1H3,(H,20,21). The van der Waals surface area contributed by atoms with Crippen LogP contribution >= 0.6 is 11.8 Å². The summed E-state index contributed by atoms with van der Waals surface area (Å²) in [6, 6.07) is 7.96. The second kappa shape index (κ2) is 8.89. The van der Waals surface area contributed by atoms with Crippen molar-refractivity contribution < 1.29 is 9.90 Å². The Morgan fingerprint density at radius 3 is 2.73 bits per heavy atom. The average molecular weight is 319 g/mol. The molecule has 1 aromatic heterocycles. The summed E-state index contributed by atoms with van der Waals surface area (Å²) in [5, 5.41) is 10.2. The van der Waals surface area contributed by atoms with Crippen LogP contribution in [0.1, 0.15) is 50.3 Å². The fraction of sp³-hybridized carbons (Fsp3) is 0.500. The van der Waals surface area contributed by atoms with Gasteiger partial charge in [0.15, 0.2) is 0 Å². The molecule has 4 heteroatoms. The summed E-state index contributed by atoms with van der Waals surface area (Å²) in [4.78, 5) is 14.5. The van der Waals surface area contributed by atoms with E-state index in [4.69, 9.17) is 5.11 Å². The summed E-state index contributed by atoms with van der Waals surface area (Å²) >= 11 is 1.90. The van der Waals surface area contributed by atoms with E-state index < -0.39 is 5.97 Å². The first-order valence-electron chi connectivity index (χ1n) is 8.10. The third-order valence-electron chi connectivity index (χ3n) is 3.87. The number of rotatable bonds is 10. The quantitative estimate of drug-likeness (QED) is 0.606. The lowest BCUT2D eigenvalue weighted by molar-refractivity contribution is -0.136. The molecule has 0 aliphatic heterocycles. The summed E-state index contributed by atoms with van der Waals surface area (Å²) in [5.41, 5.74) is 3.06. The number of aromatic nitrogens is 1. The number of hydrogen-bond acceptors (Lipinski definition) is 2. The summed E-state index contributed by atoms with van der Waals surface area (Å²) in [6.45, 7) is 2.23. The molecule has 0 saturated heterocycles. The highest BCUT2D eigenvalue weighted by molar-refractivity contribution is 7.98. The molecule has 1 aromatic carbocycles. The number of thioether (sulfide) groups is 1. The molecule has 2 rings (SSSR count). The topological polar surface area (TPSA) is 53.1 Å². The average Bonchev–Trinajstić information content (AvgIpc) is 2.84. The zero-order chi connectivity index (χ0) is 15.8. The number of para-hydroxylation sites is 1. The molecule has 0 amide bonds. The van der Waals surface area contributed by atoms with Crippen LogP contribution in [-0.4, -0.2) is 21.8 Å². The van der Waals surface area contributed by atoms with Crippen molar-refractivity contribution in [1.29, 1.82) is 0 Å². The van der Waals surface area contributed by atoms with Gasteiger partial charge in [-0.3, -0.25) is 4.79 Å². The number of nitrogens with one attached hydrogen (secondary N) is 1. The fourth-order valence-corrected chi connectivity index (χ4v) is 3.72. The minimum Gasteiger partial charge on any atom is -0.481 e. The van der Waals surface area contributed by atoms with Gasteiger partial charge < -0.3 is 10.1 Å². The first-order chi connectivity index (χ1) is 10.7. The zero-order valence-electron chi connectivity index (χ0n) is 13.2. The number of carbonyl (C=O) groups is 1. The lowest BCUT2D eigenvalue weighted by Gasteiger charge is -2.03. The van der Waals surface area contributed by atoms with Crippen molar-refractivity contribution in [3.05, 3.63) is 35.5 Å². The van der Waals surface area contributed by atoms with Crippen molar-refractivity contribution in [1.82, 2.24) is 4.98 Å². The van der Waals surface area contributed by atoms with Crippen molar-refractivity contribution in [3.63, 3.8) is 0 Å². The van der Waals surface area contributed by atoms with E-state index in [2.05, 4.69) is 11.9 Å². The Bertz CT molecular complexity index is 606. The molecule has 3 nitrogen and oxygen atoms in total. The Hall–Kier alpha value is -1.42. The van der Waals surface area contributed by atoms with Gasteiger partial charge in [-0.05, 0) is 23.8 Å². The fourth-order valence-electron chi connectivity index (χ4n) is 2.71. The minimum atomic E-state index is -0.768. The van der Waals surface area contributed by atoms with E-state index in [1.54, 1.807) is 0 Å². The number of unbranched alkanes of at least 4 members (excludes halogenated alkanes) is 4. The van der Waals surface area contributed by atoms with Crippen LogP contribution in [0.5, 0.6) is 0 Å². The maximum atomic E-state index is 11.1. The summed E-state index contributed by atoms with van der Waals surface area (Å²) in [7, 11) is 0. The molecule has 0 atom stereocenters. The van der Waals surface area contributed by atoms with E-state index in [1.165, 1.54) is 32.1 Å². The lowest BCUT2D eigenvalue weighted by atomic mass is 10.1. The highest BCUT2D eigenvalue weighted by Gasteiger charge is 2.13. The highest BCUT2D eigenvalue weighted by atomic mass is 32.2. The third kappa shape index (κ3) is 4.80. The van der Waals surface area contributed by atoms with Gasteiger partial charge in [0.25, 0.3) is 0 Å². The van der Waals surface area contributed by atoms with Gasteiger partial charge in [0.2, 0.25) is 0 Å². The number of H-pyrrole nitrogens is 1. The molecule has 2 N–H and O–H groups in total. The number of hydrogen-bond donors (Lipinski definition) is 2. The maximum absolute atomic E-state index is 11.1. The molecule has 0 saturated carbocycles. The maximum Gasteiger partial charge on any atom is 0.307 e. The van der Waals surface area contributed by atoms with Crippen molar-refractivity contribution >= 4 is 28.6 Å². The van der Waals surface area contributed by atoms with Crippen LogP contribution in [0.3, 0.4) is 0 Å². The lowest BCUT2D eigenvalue weighted by Crippen LogP contribution is -2.02. The number of benzene rings is 1. The van der Waals surface area contributed by atoms with Crippen LogP contribution in [0.2, 0.25) is 0 Å². The van der Waals surface area contributed by atoms with Gasteiger partial charge in [0.1, 0.15) is 0 Å². The van der Waals surface area contributed by atoms with Gasteiger partial charge in [-0.1, -0.05) is 50.8 Å².